The number of ether oxygens (including phenoxy) is 1. The van der Waals surface area contributed by atoms with Gasteiger partial charge in [0.25, 0.3) is 0 Å². The number of hydrogen-bond acceptors (Lipinski definition) is 6. The van der Waals surface area contributed by atoms with Gasteiger partial charge < -0.3 is 20.3 Å². The number of carbonyl (C=O) groups is 1. The first-order chi connectivity index (χ1) is 15.6. The lowest BCUT2D eigenvalue weighted by molar-refractivity contribution is 0.104. The molecule has 0 unspecified atom stereocenters. The highest BCUT2D eigenvalue weighted by Crippen LogP contribution is 2.41. The van der Waals surface area contributed by atoms with Crippen LogP contribution in [0.15, 0.2) is 66.7 Å². The molecule has 1 heterocycles. The number of rotatable bonds is 8. The highest BCUT2D eigenvalue weighted by atomic mass is 32.1. The molecule has 5 rings (SSSR count). The lowest BCUT2D eigenvalue weighted by Crippen LogP contribution is -2.22. The van der Waals surface area contributed by atoms with Gasteiger partial charge in [-0.1, -0.05) is 0 Å². The van der Waals surface area contributed by atoms with E-state index in [0.29, 0.717) is 23.8 Å². The summed E-state index contributed by atoms with van der Waals surface area (Å²) >= 11 is 1.45. The third kappa shape index (κ3) is 4.33. The molecule has 4 aromatic rings. The van der Waals surface area contributed by atoms with E-state index in [1.165, 1.54) is 24.2 Å². The smallest absolute Gasteiger partial charge is 0.195 e. The number of hydrogen-bond donors (Lipinski definition) is 3. The van der Waals surface area contributed by atoms with Crippen LogP contribution in [-0.2, 0) is 0 Å². The fraction of sp³-hybridized carbons (Fsp3) is 0.192. The molecule has 0 aliphatic heterocycles. The Hall–Kier alpha value is -3.35. The standard InChI is InChI=1S/C26H23NO4S/c28-19-7-1-17(2-8-19)26-24(22-12-9-20(29)15-23(22)32-26)25(30)16-3-10-21(11-4-16)31-14-13-27-18-5-6-18/h1-4,7-12,15,18,27-29H,5-6,13-14H2. The molecular formula is C26H23NO4S. The highest BCUT2D eigenvalue weighted by Gasteiger charge is 2.22. The van der Waals surface area contributed by atoms with E-state index in [1.807, 2.05) is 12.1 Å². The summed E-state index contributed by atoms with van der Waals surface area (Å²) in [5.41, 5.74) is 2.01. The maximum absolute atomic E-state index is 13.6. The second-order valence-electron chi connectivity index (χ2n) is 7.96. The highest BCUT2D eigenvalue weighted by molar-refractivity contribution is 7.22. The summed E-state index contributed by atoms with van der Waals surface area (Å²) in [6, 6.07) is 19.7. The molecule has 6 heteroatoms. The quantitative estimate of drug-likeness (QED) is 0.252. The minimum Gasteiger partial charge on any atom is -0.508 e. The number of aromatic hydroxyl groups is 2. The molecule has 0 saturated heterocycles. The van der Waals surface area contributed by atoms with Crippen molar-refractivity contribution in [2.75, 3.05) is 13.2 Å². The Labute approximate surface area is 189 Å². The van der Waals surface area contributed by atoms with Crippen LogP contribution in [-0.4, -0.2) is 35.2 Å². The maximum Gasteiger partial charge on any atom is 0.195 e. The van der Waals surface area contributed by atoms with Crippen LogP contribution >= 0.6 is 11.3 Å². The minimum atomic E-state index is -0.0908. The summed E-state index contributed by atoms with van der Waals surface area (Å²) in [6.07, 6.45) is 2.50. The van der Waals surface area contributed by atoms with E-state index < -0.39 is 0 Å². The molecule has 1 fully saturated rings. The Morgan fingerprint density at radius 3 is 2.41 bits per heavy atom. The fourth-order valence-corrected chi connectivity index (χ4v) is 4.93. The van der Waals surface area contributed by atoms with Gasteiger partial charge in [-0.3, -0.25) is 4.79 Å². The average Bonchev–Trinajstić information content (AvgIpc) is 3.56. The van der Waals surface area contributed by atoms with Crippen LogP contribution in [0.25, 0.3) is 20.5 Å². The summed E-state index contributed by atoms with van der Waals surface area (Å²) in [4.78, 5) is 14.4. The van der Waals surface area contributed by atoms with Crippen LogP contribution in [0.5, 0.6) is 17.2 Å². The predicted molar refractivity (Wildman–Crippen MR) is 127 cm³/mol. The van der Waals surface area contributed by atoms with Crippen molar-refractivity contribution in [1.82, 2.24) is 5.32 Å². The van der Waals surface area contributed by atoms with Crippen molar-refractivity contribution in [1.29, 1.82) is 0 Å². The summed E-state index contributed by atoms with van der Waals surface area (Å²) in [6.45, 7) is 1.41. The van der Waals surface area contributed by atoms with Crippen molar-refractivity contribution in [3.05, 3.63) is 77.9 Å². The molecule has 1 aliphatic carbocycles. The van der Waals surface area contributed by atoms with Crippen molar-refractivity contribution < 1.29 is 19.7 Å². The Morgan fingerprint density at radius 1 is 0.969 bits per heavy atom. The zero-order valence-electron chi connectivity index (χ0n) is 17.4. The molecule has 0 bridgehead atoms. The average molecular weight is 446 g/mol. The van der Waals surface area contributed by atoms with Crippen LogP contribution in [0.4, 0.5) is 0 Å². The van der Waals surface area contributed by atoms with Crippen molar-refractivity contribution >= 4 is 27.2 Å². The summed E-state index contributed by atoms with van der Waals surface area (Å²) in [5.74, 6) is 0.973. The molecule has 162 valence electrons. The van der Waals surface area contributed by atoms with Crippen LogP contribution in [0.3, 0.4) is 0 Å². The monoisotopic (exact) mass is 445 g/mol. The van der Waals surface area contributed by atoms with E-state index >= 15 is 0 Å². The third-order valence-corrected chi connectivity index (χ3v) is 6.73. The Bertz CT molecular complexity index is 1260. The van der Waals surface area contributed by atoms with E-state index in [0.717, 1.165) is 32.8 Å². The van der Waals surface area contributed by atoms with E-state index in [-0.39, 0.29) is 17.3 Å². The minimum absolute atomic E-state index is 0.0908. The molecule has 0 spiro atoms. The number of thiophene rings is 1. The van der Waals surface area contributed by atoms with Gasteiger partial charge >= 0.3 is 0 Å². The van der Waals surface area contributed by atoms with Crippen LogP contribution in [0, 0.1) is 0 Å². The van der Waals surface area contributed by atoms with Gasteiger partial charge in [-0.15, -0.1) is 11.3 Å². The van der Waals surface area contributed by atoms with Gasteiger partial charge in [0.2, 0.25) is 0 Å². The number of benzene rings is 3. The number of phenolic OH excluding ortho intramolecular Hbond substituents is 2. The van der Waals surface area contributed by atoms with Gasteiger partial charge in [-0.05, 0) is 85.1 Å². The number of ketones is 1. The number of nitrogens with one attached hydrogen (secondary N) is 1. The number of fused-ring (bicyclic) bond motifs is 1. The Balaban J connectivity index is 1.44. The molecule has 32 heavy (non-hydrogen) atoms. The molecular weight excluding hydrogens is 422 g/mol. The fourth-order valence-electron chi connectivity index (χ4n) is 3.69. The van der Waals surface area contributed by atoms with Crippen molar-refractivity contribution in [2.24, 2.45) is 0 Å². The van der Waals surface area contributed by atoms with Crippen LogP contribution < -0.4 is 10.1 Å². The van der Waals surface area contributed by atoms with Crippen molar-refractivity contribution in [3.8, 4) is 27.7 Å². The summed E-state index contributed by atoms with van der Waals surface area (Å²) < 4.78 is 6.61. The number of phenols is 2. The number of carbonyl (C=O) groups excluding carboxylic acids is 1. The molecule has 0 radical (unpaired) electrons. The SMILES string of the molecule is O=C(c1ccc(OCCNC2CC2)cc1)c1c(-c2ccc(O)cc2)sc2cc(O)ccc12. The molecule has 0 amide bonds. The molecule has 0 atom stereocenters. The first-order valence-electron chi connectivity index (χ1n) is 10.6. The van der Waals surface area contributed by atoms with Gasteiger partial charge in [0.1, 0.15) is 23.9 Å². The van der Waals surface area contributed by atoms with Crippen LogP contribution in [0.2, 0.25) is 0 Å². The van der Waals surface area contributed by atoms with Gasteiger partial charge in [-0.25, -0.2) is 0 Å². The maximum atomic E-state index is 13.6. The largest absolute Gasteiger partial charge is 0.508 e. The Morgan fingerprint density at radius 2 is 1.69 bits per heavy atom. The third-order valence-electron chi connectivity index (χ3n) is 5.53. The van der Waals surface area contributed by atoms with Gasteiger partial charge in [0.15, 0.2) is 5.78 Å². The van der Waals surface area contributed by atoms with E-state index in [1.54, 1.807) is 54.6 Å². The molecule has 1 saturated carbocycles. The second-order valence-corrected chi connectivity index (χ2v) is 9.02. The lowest BCUT2D eigenvalue weighted by atomic mass is 9.97. The van der Waals surface area contributed by atoms with Crippen LogP contribution in [0.1, 0.15) is 28.8 Å². The van der Waals surface area contributed by atoms with Crippen molar-refractivity contribution in [3.63, 3.8) is 0 Å². The predicted octanol–water partition coefficient (Wildman–Crippen LogP) is 5.34. The topological polar surface area (TPSA) is 78.8 Å². The van der Waals surface area contributed by atoms with Crippen molar-refractivity contribution in [2.45, 2.75) is 18.9 Å². The molecule has 1 aliphatic rings. The van der Waals surface area contributed by atoms with Gasteiger partial charge in [-0.2, -0.15) is 0 Å². The van der Waals surface area contributed by atoms with E-state index in [2.05, 4.69) is 5.32 Å². The molecule has 3 aromatic carbocycles. The Kier molecular flexibility index (Phi) is 5.55. The van der Waals surface area contributed by atoms with Gasteiger partial charge in [0.05, 0.1) is 0 Å². The zero-order valence-corrected chi connectivity index (χ0v) is 18.2. The molecule has 5 nitrogen and oxygen atoms in total. The second kappa shape index (κ2) is 8.65. The van der Waals surface area contributed by atoms with Gasteiger partial charge in [0, 0.05) is 38.7 Å². The first kappa shape index (κ1) is 20.5. The summed E-state index contributed by atoms with van der Waals surface area (Å²) in [7, 11) is 0. The summed E-state index contributed by atoms with van der Waals surface area (Å²) in [5, 5.41) is 23.8. The van der Waals surface area contributed by atoms with E-state index in [4.69, 9.17) is 4.74 Å². The first-order valence-corrected chi connectivity index (χ1v) is 11.5. The molecule has 3 N–H and O–H groups in total. The normalized spacial score (nSPS) is 13.4. The van der Waals surface area contributed by atoms with E-state index in [9.17, 15) is 15.0 Å². The lowest BCUT2D eigenvalue weighted by Gasteiger charge is -2.09. The molecule has 1 aromatic heterocycles. The zero-order chi connectivity index (χ0) is 22.1.